The Morgan fingerprint density at radius 2 is 1.78 bits per heavy atom. The molecule has 0 saturated carbocycles. The molecule has 0 unspecified atom stereocenters. The Hall–Kier alpha value is -0.270. The van der Waals surface area contributed by atoms with Crippen molar-refractivity contribution in [3.63, 3.8) is 0 Å². The lowest BCUT2D eigenvalue weighted by Crippen LogP contribution is -2.45. The lowest BCUT2D eigenvalue weighted by Gasteiger charge is -2.36. The zero-order chi connectivity index (χ0) is 15.5. The van der Waals surface area contributed by atoms with E-state index in [9.17, 15) is 17.6 Å². The number of halogens is 7. The summed E-state index contributed by atoms with van der Waals surface area (Å²) in [5, 5.41) is 3.34. The highest BCUT2D eigenvalue weighted by Crippen LogP contribution is 2.35. The number of benzene rings is 1. The monoisotopic (exact) mass is 396 g/mol. The van der Waals surface area contributed by atoms with Gasteiger partial charge in [-0.25, -0.2) is 4.39 Å². The minimum atomic E-state index is -4.21. The van der Waals surface area contributed by atoms with Gasteiger partial charge in [-0.15, -0.1) is 24.8 Å². The largest absolute Gasteiger partial charge is 0.389 e. The van der Waals surface area contributed by atoms with Crippen LogP contribution < -0.4 is 5.32 Å². The van der Waals surface area contributed by atoms with Gasteiger partial charge in [0.05, 0.1) is 0 Å². The van der Waals surface area contributed by atoms with Crippen LogP contribution in [0, 0.1) is 5.82 Å². The molecule has 23 heavy (non-hydrogen) atoms. The number of piperazine rings is 1. The SMILES string of the molecule is Cl.Cl.Fc1ccc([C@H](CCC(F)(F)F)N2CCNCC2)c(Cl)c1. The highest BCUT2D eigenvalue weighted by atomic mass is 35.5. The van der Waals surface area contributed by atoms with E-state index in [-0.39, 0.29) is 36.3 Å². The van der Waals surface area contributed by atoms with Crippen LogP contribution in [-0.2, 0) is 0 Å². The van der Waals surface area contributed by atoms with Gasteiger partial charge < -0.3 is 5.32 Å². The highest BCUT2D eigenvalue weighted by Gasteiger charge is 2.32. The molecule has 1 saturated heterocycles. The Morgan fingerprint density at radius 3 is 2.30 bits per heavy atom. The van der Waals surface area contributed by atoms with Gasteiger partial charge in [-0.05, 0) is 24.1 Å². The fraction of sp³-hybridized carbons (Fsp3) is 0.571. The minimum absolute atomic E-state index is 0. The van der Waals surface area contributed by atoms with E-state index in [0.29, 0.717) is 18.7 Å². The molecule has 0 aliphatic carbocycles. The van der Waals surface area contributed by atoms with E-state index in [1.165, 1.54) is 12.1 Å². The Bertz CT molecular complexity index is 480. The number of hydrogen-bond donors (Lipinski definition) is 1. The molecule has 1 aliphatic heterocycles. The first-order valence-electron chi connectivity index (χ1n) is 6.83. The molecule has 1 aromatic rings. The molecule has 2 rings (SSSR count). The van der Waals surface area contributed by atoms with Gasteiger partial charge in [-0.1, -0.05) is 17.7 Å². The number of nitrogens with zero attached hydrogens (tertiary/aromatic N) is 1. The summed E-state index contributed by atoms with van der Waals surface area (Å²) < 4.78 is 50.8. The maximum atomic E-state index is 13.1. The maximum absolute atomic E-state index is 13.1. The van der Waals surface area contributed by atoms with Crippen molar-refractivity contribution in [3.8, 4) is 0 Å². The van der Waals surface area contributed by atoms with Gasteiger partial charge in [0.15, 0.2) is 0 Å². The predicted molar refractivity (Wildman–Crippen MR) is 88.4 cm³/mol. The van der Waals surface area contributed by atoms with Crippen molar-refractivity contribution in [2.24, 2.45) is 0 Å². The van der Waals surface area contributed by atoms with E-state index in [1.54, 1.807) is 0 Å². The van der Waals surface area contributed by atoms with Crippen LogP contribution in [-0.4, -0.2) is 37.3 Å². The van der Waals surface area contributed by atoms with E-state index in [2.05, 4.69) is 5.32 Å². The molecule has 0 amide bonds. The predicted octanol–water partition coefficient (Wildman–Crippen LogP) is 4.61. The first-order valence-corrected chi connectivity index (χ1v) is 7.21. The van der Waals surface area contributed by atoms with Crippen LogP contribution in [0.5, 0.6) is 0 Å². The van der Waals surface area contributed by atoms with E-state index in [0.717, 1.165) is 19.2 Å². The molecule has 0 radical (unpaired) electrons. The minimum Gasteiger partial charge on any atom is -0.314 e. The van der Waals surface area contributed by atoms with E-state index in [1.807, 2.05) is 4.90 Å². The van der Waals surface area contributed by atoms with Crippen molar-refractivity contribution >= 4 is 36.4 Å². The van der Waals surface area contributed by atoms with E-state index < -0.39 is 24.5 Å². The third-order valence-corrected chi connectivity index (χ3v) is 3.94. The molecule has 1 N–H and O–H groups in total. The van der Waals surface area contributed by atoms with Crippen LogP contribution in [0.1, 0.15) is 24.4 Å². The molecule has 1 fully saturated rings. The molecular weight excluding hydrogens is 379 g/mol. The second-order valence-corrected chi connectivity index (χ2v) is 5.53. The van der Waals surface area contributed by atoms with Crippen LogP contribution in [0.15, 0.2) is 18.2 Å². The first kappa shape index (κ1) is 22.7. The quantitative estimate of drug-likeness (QED) is 0.746. The molecule has 0 spiro atoms. The zero-order valence-corrected chi connectivity index (χ0v) is 14.6. The van der Waals surface area contributed by atoms with E-state index in [4.69, 9.17) is 11.6 Å². The Balaban J connectivity index is 0.00000242. The second kappa shape index (κ2) is 9.89. The molecule has 1 aromatic carbocycles. The summed E-state index contributed by atoms with van der Waals surface area (Å²) in [6, 6.07) is 3.44. The molecule has 0 bridgehead atoms. The van der Waals surface area contributed by atoms with Gasteiger partial charge in [-0.2, -0.15) is 13.2 Å². The van der Waals surface area contributed by atoms with Gasteiger partial charge in [0.2, 0.25) is 0 Å². The zero-order valence-electron chi connectivity index (χ0n) is 12.2. The van der Waals surface area contributed by atoms with Crippen molar-refractivity contribution in [1.29, 1.82) is 0 Å². The summed E-state index contributed by atoms with van der Waals surface area (Å²) in [7, 11) is 0. The number of nitrogens with one attached hydrogen (secondary N) is 1. The van der Waals surface area contributed by atoms with Crippen LogP contribution in [0.4, 0.5) is 17.6 Å². The summed E-state index contributed by atoms with van der Waals surface area (Å²) in [5.74, 6) is -0.487. The summed E-state index contributed by atoms with van der Waals surface area (Å²) >= 11 is 6.03. The van der Waals surface area contributed by atoms with Crippen molar-refractivity contribution in [2.75, 3.05) is 26.2 Å². The summed E-state index contributed by atoms with van der Waals surface area (Å²) in [4.78, 5) is 1.97. The molecule has 9 heteroatoms. The Kier molecular flexibility index (Phi) is 9.77. The standard InChI is InChI=1S/C14H17ClF4N2.2ClH/c15-12-9-10(16)1-2-11(12)13(3-4-14(17,18)19)21-7-5-20-6-8-21;;/h1-2,9,13,20H,3-8H2;2*1H/t13-;;/m0../s1. The second-order valence-electron chi connectivity index (χ2n) is 5.12. The van der Waals surface area contributed by atoms with E-state index >= 15 is 0 Å². The van der Waals surface area contributed by atoms with Gasteiger partial charge in [0.25, 0.3) is 0 Å². The van der Waals surface area contributed by atoms with Crippen molar-refractivity contribution in [2.45, 2.75) is 25.1 Å². The molecule has 1 heterocycles. The van der Waals surface area contributed by atoms with Crippen LogP contribution >= 0.6 is 36.4 Å². The Labute approximate surface area is 150 Å². The molecule has 2 nitrogen and oxygen atoms in total. The molecule has 1 atom stereocenters. The smallest absolute Gasteiger partial charge is 0.314 e. The summed E-state index contributed by atoms with van der Waals surface area (Å²) in [6.07, 6.45) is -5.16. The third kappa shape index (κ3) is 7.01. The van der Waals surface area contributed by atoms with Gasteiger partial charge in [-0.3, -0.25) is 4.90 Å². The Morgan fingerprint density at radius 1 is 1.17 bits per heavy atom. The number of rotatable bonds is 4. The van der Waals surface area contributed by atoms with Crippen LogP contribution in [0.3, 0.4) is 0 Å². The molecule has 1 aliphatic rings. The molecule has 134 valence electrons. The normalized spacial score (nSPS) is 17.1. The van der Waals surface area contributed by atoms with Crippen LogP contribution in [0.2, 0.25) is 5.02 Å². The van der Waals surface area contributed by atoms with Crippen molar-refractivity contribution in [1.82, 2.24) is 10.2 Å². The van der Waals surface area contributed by atoms with Crippen molar-refractivity contribution < 1.29 is 17.6 Å². The highest BCUT2D eigenvalue weighted by molar-refractivity contribution is 6.31. The van der Waals surface area contributed by atoms with Crippen molar-refractivity contribution in [3.05, 3.63) is 34.6 Å². The average molecular weight is 398 g/mol. The van der Waals surface area contributed by atoms with Crippen LogP contribution in [0.25, 0.3) is 0 Å². The molecule has 0 aromatic heterocycles. The number of hydrogen-bond acceptors (Lipinski definition) is 2. The number of alkyl halides is 3. The summed E-state index contributed by atoms with van der Waals surface area (Å²) in [6.45, 7) is 2.75. The van der Waals surface area contributed by atoms with Gasteiger partial charge >= 0.3 is 6.18 Å². The fourth-order valence-electron chi connectivity index (χ4n) is 2.60. The van der Waals surface area contributed by atoms with Gasteiger partial charge in [0, 0.05) is 43.7 Å². The lowest BCUT2D eigenvalue weighted by molar-refractivity contribution is -0.138. The first-order chi connectivity index (χ1) is 9.87. The fourth-order valence-corrected chi connectivity index (χ4v) is 2.89. The lowest BCUT2D eigenvalue weighted by atomic mass is 9.99. The third-order valence-electron chi connectivity index (χ3n) is 3.62. The molecular formula is C14H19Cl3F4N2. The summed E-state index contributed by atoms with van der Waals surface area (Å²) in [5.41, 5.74) is 0.559. The average Bonchev–Trinajstić information content (AvgIpc) is 2.41. The van der Waals surface area contributed by atoms with Gasteiger partial charge in [0.1, 0.15) is 5.82 Å². The topological polar surface area (TPSA) is 15.3 Å². The maximum Gasteiger partial charge on any atom is 0.389 e.